The third-order valence-electron chi connectivity index (χ3n) is 2.28. The van der Waals surface area contributed by atoms with Crippen LogP contribution >= 0.6 is 0 Å². The maximum atomic E-state index is 10.3. The van der Waals surface area contributed by atoms with Crippen molar-refractivity contribution in [1.82, 2.24) is 0 Å². The lowest BCUT2D eigenvalue weighted by Crippen LogP contribution is -1.97. The fourth-order valence-electron chi connectivity index (χ4n) is 1.66. The molecular weight excluding hydrogens is 184 g/mol. The van der Waals surface area contributed by atoms with Crippen molar-refractivity contribution in [3.05, 3.63) is 41.0 Å². The average Bonchev–Trinajstić information content (AvgIpc) is 2.16. The molecule has 0 aliphatic carbocycles. The van der Waals surface area contributed by atoms with E-state index in [9.17, 15) is 4.79 Å². The van der Waals surface area contributed by atoms with E-state index in [1.165, 1.54) is 11.1 Å². The highest BCUT2D eigenvalue weighted by Crippen LogP contribution is 2.17. The van der Waals surface area contributed by atoms with Crippen LogP contribution in [-0.4, -0.2) is 6.29 Å². The summed E-state index contributed by atoms with van der Waals surface area (Å²) >= 11 is 0. The Morgan fingerprint density at radius 3 is 2.67 bits per heavy atom. The van der Waals surface area contributed by atoms with Crippen molar-refractivity contribution in [1.29, 1.82) is 0 Å². The molecule has 0 saturated heterocycles. The summed E-state index contributed by atoms with van der Waals surface area (Å²) in [6.07, 6.45) is 5.30. The molecule has 0 N–H and O–H groups in total. The van der Waals surface area contributed by atoms with E-state index in [1.54, 1.807) is 6.08 Å². The maximum Gasteiger partial charge on any atom is 0.142 e. The first-order chi connectivity index (χ1) is 7.13. The minimum Gasteiger partial charge on any atom is -0.299 e. The fourth-order valence-corrected chi connectivity index (χ4v) is 1.66. The predicted octanol–water partition coefficient (Wildman–Crippen LogP) is 3.41. The Morgan fingerprint density at radius 2 is 2.07 bits per heavy atom. The summed E-state index contributed by atoms with van der Waals surface area (Å²) in [7, 11) is 0. The van der Waals surface area contributed by atoms with Gasteiger partial charge >= 0.3 is 0 Å². The minimum absolute atomic E-state index is 0.634. The maximum absolute atomic E-state index is 10.3. The Kier molecular flexibility index (Phi) is 4.29. The quantitative estimate of drug-likeness (QED) is 0.540. The predicted molar refractivity (Wildman–Crippen MR) is 64.8 cm³/mol. The van der Waals surface area contributed by atoms with Gasteiger partial charge in [-0.1, -0.05) is 43.7 Å². The molecule has 0 spiro atoms. The highest BCUT2D eigenvalue weighted by Gasteiger charge is 2.02. The second kappa shape index (κ2) is 5.50. The molecule has 0 aliphatic heterocycles. The molecule has 1 rings (SSSR count). The number of carbonyl (C=O) groups is 1. The van der Waals surface area contributed by atoms with Gasteiger partial charge < -0.3 is 0 Å². The van der Waals surface area contributed by atoms with Crippen molar-refractivity contribution in [2.45, 2.75) is 27.2 Å². The van der Waals surface area contributed by atoms with E-state index in [4.69, 9.17) is 0 Å². The molecule has 0 aromatic heterocycles. The smallest absolute Gasteiger partial charge is 0.142 e. The van der Waals surface area contributed by atoms with E-state index in [-0.39, 0.29) is 0 Å². The lowest BCUT2D eigenvalue weighted by molar-refractivity contribution is -0.104. The summed E-state index contributed by atoms with van der Waals surface area (Å²) < 4.78 is 0. The zero-order chi connectivity index (χ0) is 11.3. The van der Waals surface area contributed by atoms with Gasteiger partial charge in [-0.25, -0.2) is 0 Å². The zero-order valence-electron chi connectivity index (χ0n) is 9.66. The SMILES string of the molecule is Cc1ccc(C=CC=O)c(CC(C)C)c1. The fraction of sp³-hybridized carbons (Fsp3) is 0.357. The number of carbonyl (C=O) groups excluding carboxylic acids is 1. The van der Waals surface area contributed by atoms with Crippen LogP contribution in [0.3, 0.4) is 0 Å². The molecule has 80 valence electrons. The first-order valence-corrected chi connectivity index (χ1v) is 5.35. The van der Waals surface area contributed by atoms with Crippen LogP contribution in [0.1, 0.15) is 30.5 Å². The first-order valence-electron chi connectivity index (χ1n) is 5.35. The molecule has 0 radical (unpaired) electrons. The standard InChI is InChI=1S/C14H18O/c1-11(2)9-14-10-12(3)6-7-13(14)5-4-8-15/h4-8,10-11H,9H2,1-3H3. The number of rotatable bonds is 4. The first kappa shape index (κ1) is 11.7. The monoisotopic (exact) mass is 202 g/mol. The topological polar surface area (TPSA) is 17.1 Å². The Hall–Kier alpha value is -1.37. The van der Waals surface area contributed by atoms with E-state index in [0.717, 1.165) is 18.3 Å². The van der Waals surface area contributed by atoms with Crippen molar-refractivity contribution in [2.24, 2.45) is 5.92 Å². The number of aryl methyl sites for hydroxylation is 1. The van der Waals surface area contributed by atoms with E-state index in [1.807, 2.05) is 6.08 Å². The molecular formula is C14H18O. The van der Waals surface area contributed by atoms with Gasteiger partial charge in [0.05, 0.1) is 0 Å². The van der Waals surface area contributed by atoms with Gasteiger partial charge in [-0.3, -0.25) is 4.79 Å². The van der Waals surface area contributed by atoms with E-state index < -0.39 is 0 Å². The summed E-state index contributed by atoms with van der Waals surface area (Å²) in [6, 6.07) is 6.35. The summed E-state index contributed by atoms with van der Waals surface area (Å²) in [5.74, 6) is 0.634. The van der Waals surface area contributed by atoms with Crippen LogP contribution in [0.2, 0.25) is 0 Å². The van der Waals surface area contributed by atoms with Gasteiger partial charge in [-0.2, -0.15) is 0 Å². The van der Waals surface area contributed by atoms with Gasteiger partial charge in [0.15, 0.2) is 0 Å². The molecule has 0 fully saturated rings. The van der Waals surface area contributed by atoms with Crippen LogP contribution in [0.25, 0.3) is 6.08 Å². The van der Waals surface area contributed by atoms with E-state index in [2.05, 4.69) is 39.0 Å². The Balaban J connectivity index is 3.02. The van der Waals surface area contributed by atoms with Crippen molar-refractivity contribution >= 4 is 12.4 Å². The lowest BCUT2D eigenvalue weighted by Gasteiger charge is -2.09. The summed E-state index contributed by atoms with van der Waals surface area (Å²) in [4.78, 5) is 10.3. The second-order valence-corrected chi connectivity index (χ2v) is 4.30. The molecule has 1 aromatic carbocycles. The summed E-state index contributed by atoms with van der Waals surface area (Å²) in [6.45, 7) is 6.50. The molecule has 0 bridgehead atoms. The van der Waals surface area contributed by atoms with Crippen LogP contribution in [0.5, 0.6) is 0 Å². The number of benzene rings is 1. The zero-order valence-corrected chi connectivity index (χ0v) is 9.66. The van der Waals surface area contributed by atoms with Gasteiger partial charge in [0.1, 0.15) is 6.29 Å². The van der Waals surface area contributed by atoms with Crippen LogP contribution in [0, 0.1) is 12.8 Å². The molecule has 0 atom stereocenters. The molecule has 0 heterocycles. The van der Waals surface area contributed by atoms with Crippen molar-refractivity contribution in [3.8, 4) is 0 Å². The number of aldehydes is 1. The molecule has 1 aromatic rings. The van der Waals surface area contributed by atoms with Crippen LogP contribution in [0.15, 0.2) is 24.3 Å². The van der Waals surface area contributed by atoms with Crippen LogP contribution in [0.4, 0.5) is 0 Å². The van der Waals surface area contributed by atoms with E-state index in [0.29, 0.717) is 5.92 Å². The van der Waals surface area contributed by atoms with Crippen molar-refractivity contribution in [2.75, 3.05) is 0 Å². The third kappa shape index (κ3) is 3.70. The minimum atomic E-state index is 0.634. The number of hydrogen-bond acceptors (Lipinski definition) is 1. The van der Waals surface area contributed by atoms with Crippen molar-refractivity contribution in [3.63, 3.8) is 0 Å². The molecule has 1 heteroatoms. The molecule has 0 amide bonds. The molecule has 1 nitrogen and oxygen atoms in total. The van der Waals surface area contributed by atoms with Gasteiger partial charge in [-0.15, -0.1) is 0 Å². The lowest BCUT2D eigenvalue weighted by atomic mass is 9.96. The highest BCUT2D eigenvalue weighted by atomic mass is 16.1. The van der Waals surface area contributed by atoms with E-state index >= 15 is 0 Å². The van der Waals surface area contributed by atoms with Crippen LogP contribution in [-0.2, 0) is 11.2 Å². The van der Waals surface area contributed by atoms with Crippen LogP contribution < -0.4 is 0 Å². The highest BCUT2D eigenvalue weighted by molar-refractivity contribution is 5.74. The molecule has 15 heavy (non-hydrogen) atoms. The Labute approximate surface area is 91.8 Å². The van der Waals surface area contributed by atoms with Gasteiger partial charge in [0.2, 0.25) is 0 Å². The summed E-state index contributed by atoms with van der Waals surface area (Å²) in [5, 5.41) is 0. The normalized spacial score (nSPS) is 11.2. The van der Waals surface area contributed by atoms with Crippen molar-refractivity contribution < 1.29 is 4.79 Å². The molecule has 0 saturated carbocycles. The number of hydrogen-bond donors (Lipinski definition) is 0. The van der Waals surface area contributed by atoms with Gasteiger partial charge in [-0.05, 0) is 36.5 Å². The second-order valence-electron chi connectivity index (χ2n) is 4.30. The molecule has 0 unspecified atom stereocenters. The van der Waals surface area contributed by atoms with Gasteiger partial charge in [0, 0.05) is 0 Å². The average molecular weight is 202 g/mol. The number of allylic oxidation sites excluding steroid dienone is 1. The third-order valence-corrected chi connectivity index (χ3v) is 2.28. The molecule has 0 aliphatic rings. The summed E-state index contributed by atoms with van der Waals surface area (Å²) in [5.41, 5.74) is 3.75. The largest absolute Gasteiger partial charge is 0.299 e. The Morgan fingerprint density at radius 1 is 1.33 bits per heavy atom. The van der Waals surface area contributed by atoms with Gasteiger partial charge in [0.25, 0.3) is 0 Å². The Bertz CT molecular complexity index is 362.